The quantitative estimate of drug-likeness (QED) is 0.742. The van der Waals surface area contributed by atoms with Crippen molar-refractivity contribution in [2.75, 3.05) is 0 Å². The molecule has 5 nitrogen and oxygen atoms in total. The van der Waals surface area contributed by atoms with Gasteiger partial charge in [-0.05, 0) is 94.1 Å². The van der Waals surface area contributed by atoms with Crippen molar-refractivity contribution in [3.8, 4) is 0 Å². The van der Waals surface area contributed by atoms with Crippen molar-refractivity contribution in [3.05, 3.63) is 45.8 Å². The van der Waals surface area contributed by atoms with E-state index in [0.29, 0.717) is 17.5 Å². The summed E-state index contributed by atoms with van der Waals surface area (Å²) in [5, 5.41) is 2.89. The zero-order chi connectivity index (χ0) is 21.6. The molecule has 6 heteroatoms. The first kappa shape index (κ1) is 20.6. The summed E-state index contributed by atoms with van der Waals surface area (Å²) in [6.45, 7) is 5.46. The van der Waals surface area contributed by atoms with Gasteiger partial charge in [0.2, 0.25) is 5.91 Å². The summed E-state index contributed by atoms with van der Waals surface area (Å²) in [5.74, 6) is -0.993. The molecule has 0 saturated carbocycles. The van der Waals surface area contributed by atoms with E-state index in [9.17, 15) is 9.59 Å². The highest BCUT2D eigenvalue weighted by Crippen LogP contribution is 2.48. The van der Waals surface area contributed by atoms with Crippen LogP contribution in [0.3, 0.4) is 0 Å². The molecule has 4 rings (SSSR count). The van der Waals surface area contributed by atoms with Gasteiger partial charge in [0.15, 0.2) is 0 Å². The molecule has 0 bridgehead atoms. The molecule has 2 amide bonds. The molecule has 0 spiro atoms. The maximum Gasteiger partial charge on any atom is 0.408 e. The third-order valence-electron chi connectivity index (χ3n) is 6.06. The number of ether oxygens (including phenoxy) is 1. The third kappa shape index (κ3) is 3.87. The van der Waals surface area contributed by atoms with E-state index in [1.54, 1.807) is 0 Å². The van der Waals surface area contributed by atoms with Gasteiger partial charge in [0, 0.05) is 11.1 Å². The van der Waals surface area contributed by atoms with Crippen LogP contribution < -0.4 is 11.1 Å². The molecular weight excluding hydrogens is 383 g/mol. The summed E-state index contributed by atoms with van der Waals surface area (Å²) in [4.78, 5) is 24.2. The zero-order valence-electron chi connectivity index (χ0n) is 17.9. The van der Waals surface area contributed by atoms with E-state index in [2.05, 4.69) is 5.32 Å². The van der Waals surface area contributed by atoms with Crippen LogP contribution in [0.1, 0.15) is 86.3 Å². The predicted molar refractivity (Wildman–Crippen MR) is 114 cm³/mol. The highest BCUT2D eigenvalue weighted by Gasteiger charge is 2.34. The van der Waals surface area contributed by atoms with E-state index in [4.69, 9.17) is 10.5 Å². The van der Waals surface area contributed by atoms with E-state index >= 15 is 4.39 Å². The highest BCUT2D eigenvalue weighted by atomic mass is 19.1. The van der Waals surface area contributed by atoms with Gasteiger partial charge in [-0.15, -0.1) is 0 Å². The molecule has 0 heterocycles. The van der Waals surface area contributed by atoms with E-state index in [-0.39, 0.29) is 6.04 Å². The largest absolute Gasteiger partial charge is 0.444 e. The minimum atomic E-state index is -0.583. The minimum absolute atomic E-state index is 0.215. The molecule has 1 atom stereocenters. The summed E-state index contributed by atoms with van der Waals surface area (Å²) in [6, 6.07) is 1.08. The monoisotopic (exact) mass is 412 g/mol. The van der Waals surface area contributed by atoms with Gasteiger partial charge in [0.1, 0.15) is 11.4 Å². The molecule has 3 aliphatic carbocycles. The average Bonchev–Trinajstić information content (AvgIpc) is 3.21. The van der Waals surface area contributed by atoms with Gasteiger partial charge in [-0.25, -0.2) is 9.18 Å². The van der Waals surface area contributed by atoms with Crippen LogP contribution in [-0.4, -0.2) is 23.6 Å². The number of carbonyl (C=O) groups excluding carboxylic acids is 2. The lowest BCUT2D eigenvalue weighted by atomic mass is 9.84. The Labute approximate surface area is 176 Å². The first-order valence-corrected chi connectivity index (χ1v) is 10.7. The number of alkyl carbamates (subject to hydrolysis) is 1. The zero-order valence-corrected chi connectivity index (χ0v) is 17.9. The third-order valence-corrected chi connectivity index (χ3v) is 6.06. The average molecular weight is 413 g/mol. The lowest BCUT2D eigenvalue weighted by molar-refractivity contribution is 0.0511. The van der Waals surface area contributed by atoms with Crippen molar-refractivity contribution >= 4 is 23.1 Å². The number of carbonyl (C=O) groups is 2. The fourth-order valence-corrected chi connectivity index (χ4v) is 4.96. The number of fused-ring (bicyclic) bond motifs is 2. The van der Waals surface area contributed by atoms with E-state index in [0.717, 1.165) is 55.2 Å². The number of hydrogen-bond acceptors (Lipinski definition) is 3. The van der Waals surface area contributed by atoms with E-state index in [1.165, 1.54) is 17.2 Å². The lowest BCUT2D eigenvalue weighted by Crippen LogP contribution is -2.39. The standard InChI is InChI=1S/C24H29FN2O3/c1-24(2,3)30-23(29)27-15-8-4-7-14(10-15)20-19(25)12-18(22(26)28)17-11-13-6-5-9-16(13)21(17)20/h10,12,15H,4-9,11H2,1-3H3,(H2,26,28)(H,27,29)/t15-/m0/s1. The second-order valence-electron chi connectivity index (χ2n) is 9.45. The Morgan fingerprint density at radius 3 is 2.63 bits per heavy atom. The summed E-state index contributed by atoms with van der Waals surface area (Å²) < 4.78 is 20.7. The Balaban J connectivity index is 1.72. The van der Waals surface area contributed by atoms with Gasteiger partial charge in [-0.3, -0.25) is 4.79 Å². The molecule has 3 N–H and O–H groups in total. The SMILES string of the molecule is CC(C)(C)OC(=O)N[C@@H]1C=C(c2c(F)cc(C(N)=O)c3c2C2=C(CCC2)C3)CCC1. The van der Waals surface area contributed by atoms with Gasteiger partial charge in [0.25, 0.3) is 0 Å². The summed E-state index contributed by atoms with van der Waals surface area (Å²) in [6.07, 6.45) is 7.47. The molecule has 0 radical (unpaired) electrons. The predicted octanol–water partition coefficient (Wildman–Crippen LogP) is 4.88. The maximum atomic E-state index is 15.3. The van der Waals surface area contributed by atoms with E-state index in [1.807, 2.05) is 26.8 Å². The number of benzene rings is 1. The van der Waals surface area contributed by atoms with Crippen molar-refractivity contribution in [3.63, 3.8) is 0 Å². The molecule has 30 heavy (non-hydrogen) atoms. The molecule has 0 aliphatic heterocycles. The summed E-state index contributed by atoms with van der Waals surface area (Å²) >= 11 is 0. The van der Waals surface area contributed by atoms with Crippen molar-refractivity contribution < 1.29 is 18.7 Å². The van der Waals surface area contributed by atoms with Crippen molar-refractivity contribution in [2.45, 2.75) is 77.4 Å². The van der Waals surface area contributed by atoms with Crippen LogP contribution in [0, 0.1) is 5.82 Å². The van der Waals surface area contributed by atoms with Gasteiger partial charge < -0.3 is 15.8 Å². The lowest BCUT2D eigenvalue weighted by Gasteiger charge is -2.26. The van der Waals surface area contributed by atoms with Gasteiger partial charge in [-0.1, -0.05) is 11.6 Å². The number of amides is 2. The molecule has 0 unspecified atom stereocenters. The fourth-order valence-electron chi connectivity index (χ4n) is 4.96. The van der Waals surface area contributed by atoms with Crippen molar-refractivity contribution in [1.82, 2.24) is 5.32 Å². The number of hydrogen-bond donors (Lipinski definition) is 2. The summed E-state index contributed by atoms with van der Waals surface area (Å²) in [5.41, 5.74) is 11.0. The molecule has 0 fully saturated rings. The van der Waals surface area contributed by atoms with Crippen LogP contribution >= 0.6 is 0 Å². The normalized spacial score (nSPS) is 20.5. The van der Waals surface area contributed by atoms with E-state index < -0.39 is 23.4 Å². The van der Waals surface area contributed by atoms with Gasteiger partial charge in [0.05, 0.1) is 6.04 Å². The minimum Gasteiger partial charge on any atom is -0.444 e. The van der Waals surface area contributed by atoms with Gasteiger partial charge >= 0.3 is 6.09 Å². The first-order valence-electron chi connectivity index (χ1n) is 10.7. The smallest absolute Gasteiger partial charge is 0.408 e. The molecule has 3 aliphatic rings. The Bertz CT molecular complexity index is 985. The summed E-state index contributed by atoms with van der Waals surface area (Å²) in [7, 11) is 0. The number of allylic oxidation sites excluding steroid dienone is 3. The molecule has 160 valence electrons. The Morgan fingerprint density at radius 2 is 1.93 bits per heavy atom. The topological polar surface area (TPSA) is 81.4 Å². The first-order chi connectivity index (χ1) is 14.1. The van der Waals surface area contributed by atoms with Crippen LogP contribution in [0.15, 0.2) is 17.7 Å². The number of halogens is 1. The number of nitrogens with two attached hydrogens (primary N) is 1. The van der Waals surface area contributed by atoms with Crippen LogP contribution in [0.4, 0.5) is 9.18 Å². The Hall–Kier alpha value is -2.63. The van der Waals surface area contributed by atoms with Crippen molar-refractivity contribution in [2.24, 2.45) is 5.73 Å². The number of nitrogens with one attached hydrogen (secondary N) is 1. The second kappa shape index (κ2) is 7.56. The Kier molecular flexibility index (Phi) is 5.20. The molecule has 0 aromatic heterocycles. The molecule has 1 aromatic carbocycles. The van der Waals surface area contributed by atoms with Crippen LogP contribution in [0.2, 0.25) is 0 Å². The highest BCUT2D eigenvalue weighted by molar-refractivity contribution is 5.99. The van der Waals surface area contributed by atoms with Crippen molar-refractivity contribution in [1.29, 1.82) is 0 Å². The molecular formula is C24H29FN2O3. The fraction of sp³-hybridized carbons (Fsp3) is 0.500. The van der Waals surface area contributed by atoms with Crippen LogP contribution in [0.25, 0.3) is 11.1 Å². The maximum absolute atomic E-state index is 15.3. The second-order valence-corrected chi connectivity index (χ2v) is 9.45. The number of rotatable bonds is 3. The molecule has 0 saturated heterocycles. The number of primary amides is 1. The molecule has 1 aromatic rings. The van der Waals surface area contributed by atoms with Crippen LogP contribution in [-0.2, 0) is 11.2 Å². The Morgan fingerprint density at radius 1 is 1.17 bits per heavy atom. The van der Waals surface area contributed by atoms with Gasteiger partial charge in [-0.2, -0.15) is 0 Å². The van der Waals surface area contributed by atoms with Crippen LogP contribution in [0.5, 0.6) is 0 Å².